The monoisotopic (exact) mass is 1030 g/mol. The van der Waals surface area contributed by atoms with E-state index in [-0.39, 0.29) is 36.9 Å². The molecule has 0 fully saturated rings. The van der Waals surface area contributed by atoms with Crippen molar-refractivity contribution in [2.24, 2.45) is 0 Å². The molecular weight excluding hydrogens is 949 g/mol. The van der Waals surface area contributed by atoms with Crippen LogP contribution in [-0.4, -0.2) is 145 Å². The van der Waals surface area contributed by atoms with Gasteiger partial charge in [0.15, 0.2) is 46.0 Å². The average Bonchev–Trinajstić information content (AvgIpc) is 3.42. The molecule has 404 valence electrons. The minimum atomic E-state index is -0.246. The number of hydrogen-bond donors (Lipinski definition) is 0. The van der Waals surface area contributed by atoms with Crippen LogP contribution < -0.4 is 47.4 Å². The number of likely N-dealkylation sites (N-methyl/N-ethyl adjacent to an activating group) is 2. The van der Waals surface area contributed by atoms with Crippen LogP contribution in [0.15, 0.2) is 60.7 Å². The van der Waals surface area contributed by atoms with E-state index >= 15 is 0 Å². The van der Waals surface area contributed by atoms with Crippen molar-refractivity contribution in [3.8, 4) is 57.5 Å². The largest absolute Gasteiger partial charge is 0.493 e. The molecule has 74 heavy (non-hydrogen) atoms. The summed E-state index contributed by atoms with van der Waals surface area (Å²) in [4.78, 5) is 25.7. The van der Waals surface area contributed by atoms with Crippen LogP contribution in [0.2, 0.25) is 0 Å². The maximum Gasteiger partial charge on any atom is 0.306 e. The number of hydrogen-bond acceptors (Lipinski definition) is 14. The van der Waals surface area contributed by atoms with Gasteiger partial charge in [-0.2, -0.15) is 0 Å². The van der Waals surface area contributed by atoms with Crippen molar-refractivity contribution in [3.05, 3.63) is 94.1 Å². The maximum atomic E-state index is 12.9. The number of nitrogens with zero attached hydrogens (tertiary/aromatic N) is 2. The fourth-order valence-electron chi connectivity index (χ4n) is 10.8. The van der Waals surface area contributed by atoms with E-state index < -0.39 is 0 Å². The molecule has 2 aliphatic rings. The maximum absolute atomic E-state index is 12.9. The van der Waals surface area contributed by atoms with E-state index in [9.17, 15) is 9.59 Å². The molecule has 2 aliphatic heterocycles. The number of allylic oxidation sites excluding steroid dienone is 2. The zero-order valence-corrected chi connectivity index (χ0v) is 45.9. The molecular formula is C58H80N2O14+2. The molecule has 0 saturated carbocycles. The smallest absolute Gasteiger partial charge is 0.306 e. The second-order valence-corrected chi connectivity index (χ2v) is 19.4. The van der Waals surface area contributed by atoms with Crippen LogP contribution in [0.4, 0.5) is 0 Å². The van der Waals surface area contributed by atoms with E-state index in [1.54, 1.807) is 71.1 Å². The molecule has 2 unspecified atom stereocenters. The molecule has 0 radical (unpaired) electrons. The van der Waals surface area contributed by atoms with E-state index in [4.69, 9.17) is 56.8 Å². The number of carbonyl (C=O) groups is 2. The lowest BCUT2D eigenvalue weighted by molar-refractivity contribution is -0.941. The van der Waals surface area contributed by atoms with Gasteiger partial charge >= 0.3 is 11.9 Å². The minimum absolute atomic E-state index is 0.0551. The highest BCUT2D eigenvalue weighted by Crippen LogP contribution is 2.47. The third-order valence-electron chi connectivity index (χ3n) is 15.0. The van der Waals surface area contributed by atoms with Gasteiger partial charge in [-0.1, -0.05) is 12.2 Å². The molecule has 16 nitrogen and oxygen atoms in total. The Balaban J connectivity index is 0.967. The van der Waals surface area contributed by atoms with Crippen LogP contribution in [-0.2, 0) is 44.7 Å². The Labute approximate surface area is 438 Å². The molecule has 0 N–H and O–H groups in total. The fraction of sp³-hybridized carbons (Fsp3) is 0.517. The predicted molar refractivity (Wildman–Crippen MR) is 282 cm³/mol. The van der Waals surface area contributed by atoms with E-state index in [2.05, 4.69) is 38.4 Å². The van der Waals surface area contributed by atoms with Crippen molar-refractivity contribution in [3.63, 3.8) is 0 Å². The lowest BCUT2D eigenvalue weighted by atomic mass is 9.86. The summed E-state index contributed by atoms with van der Waals surface area (Å²) < 4.78 is 69.8. The summed E-state index contributed by atoms with van der Waals surface area (Å²) in [6.07, 6.45) is 9.94. The van der Waals surface area contributed by atoms with E-state index in [0.29, 0.717) is 109 Å². The zero-order valence-electron chi connectivity index (χ0n) is 45.9. The average molecular weight is 1030 g/mol. The Morgan fingerprint density at radius 3 is 1.09 bits per heavy atom. The van der Waals surface area contributed by atoms with Crippen molar-refractivity contribution < 1.29 is 75.4 Å². The third kappa shape index (κ3) is 13.4. The molecule has 4 atom stereocenters. The Morgan fingerprint density at radius 2 is 0.784 bits per heavy atom. The molecule has 0 saturated heterocycles. The lowest BCUT2D eigenvalue weighted by Gasteiger charge is -2.46. The van der Waals surface area contributed by atoms with Gasteiger partial charge in [0.2, 0.25) is 11.5 Å². The highest BCUT2D eigenvalue weighted by Gasteiger charge is 2.42. The van der Waals surface area contributed by atoms with Gasteiger partial charge in [-0.3, -0.25) is 9.59 Å². The SMILES string of the molecule is COc1cc2c(cc1OC)[C@@H](Cc1cc(OC)c(OC)c(OC)c1)[N+](C)(CCCOC(=O)CC/C=C/CCC(=O)OCCC[N+]1(C)CCc3cc(OC)c(OC)cc3[C@@H]1Cc1cc(OC)c(OC)c(OC)c1)CC2. The van der Waals surface area contributed by atoms with Gasteiger partial charge in [0.05, 0.1) is 125 Å². The first kappa shape index (κ1) is 56.8. The van der Waals surface area contributed by atoms with Crippen molar-refractivity contribution in [2.75, 3.05) is 125 Å². The Bertz CT molecular complexity index is 2340. The van der Waals surface area contributed by atoms with Crippen molar-refractivity contribution in [1.29, 1.82) is 0 Å². The highest BCUT2D eigenvalue weighted by atomic mass is 16.6. The van der Waals surface area contributed by atoms with Crippen LogP contribution in [0, 0.1) is 0 Å². The van der Waals surface area contributed by atoms with Gasteiger partial charge < -0.3 is 65.8 Å². The summed E-state index contributed by atoms with van der Waals surface area (Å²) >= 11 is 0. The van der Waals surface area contributed by atoms with Crippen LogP contribution in [0.25, 0.3) is 0 Å². The number of methoxy groups -OCH3 is 10. The van der Waals surface area contributed by atoms with Gasteiger partial charge in [0.25, 0.3) is 0 Å². The molecule has 0 bridgehead atoms. The lowest BCUT2D eigenvalue weighted by Crippen LogP contribution is -2.52. The molecule has 2 heterocycles. The van der Waals surface area contributed by atoms with Crippen molar-refractivity contribution >= 4 is 11.9 Å². The Hall–Kier alpha value is -6.52. The topological polar surface area (TPSA) is 145 Å². The zero-order chi connectivity index (χ0) is 53.4. The van der Waals surface area contributed by atoms with Gasteiger partial charge in [-0.05, 0) is 83.6 Å². The van der Waals surface area contributed by atoms with Crippen LogP contribution >= 0.6 is 0 Å². The Morgan fingerprint density at radius 1 is 0.459 bits per heavy atom. The summed E-state index contributed by atoms with van der Waals surface area (Å²) in [5.41, 5.74) is 6.93. The number of carbonyl (C=O) groups excluding carboxylic acids is 2. The summed E-state index contributed by atoms with van der Waals surface area (Å²) in [6, 6.07) is 16.5. The summed E-state index contributed by atoms with van der Waals surface area (Å²) in [6.45, 7) is 4.02. The summed E-state index contributed by atoms with van der Waals surface area (Å²) in [7, 11) is 20.9. The normalized spacial score (nSPS) is 18.9. The number of ether oxygens (including phenoxy) is 12. The molecule has 0 spiro atoms. The van der Waals surface area contributed by atoms with Gasteiger partial charge in [0.1, 0.15) is 12.1 Å². The van der Waals surface area contributed by atoms with E-state index in [0.717, 1.165) is 59.1 Å². The van der Waals surface area contributed by atoms with Crippen LogP contribution in [0.5, 0.6) is 57.5 Å². The van der Waals surface area contributed by atoms with Gasteiger partial charge in [0, 0.05) is 62.5 Å². The second-order valence-electron chi connectivity index (χ2n) is 19.4. The quantitative estimate of drug-likeness (QED) is 0.0231. The number of fused-ring (bicyclic) bond motifs is 2. The first-order valence-corrected chi connectivity index (χ1v) is 25.5. The predicted octanol–water partition coefficient (Wildman–Crippen LogP) is 9.03. The number of esters is 2. The Kier molecular flexibility index (Phi) is 20.4. The fourth-order valence-corrected chi connectivity index (χ4v) is 10.8. The first-order valence-electron chi connectivity index (χ1n) is 25.5. The third-order valence-corrected chi connectivity index (χ3v) is 15.0. The standard InChI is InChI=1S/C58H80N2O14/c1-59(25-21-41-35-47(63-3)49(65-5)37-43(41)45(59)29-39-31-51(67-7)57(71-11)52(32-39)68-8)23-17-27-73-55(61)19-15-13-14-16-20-56(62)74-28-18-24-60(2)26-22-42-36-48(64-4)50(66-6)38-44(42)46(60)30-40-33-53(69-9)58(72-12)54(34-40)70-10/h13-14,31-38,45-46H,15-30H2,1-12H3/q+2/b14-13+/t45-,46+,59?,60?. The summed E-state index contributed by atoms with van der Waals surface area (Å²) in [5, 5.41) is 0. The van der Waals surface area contributed by atoms with Crippen molar-refractivity contribution in [1.82, 2.24) is 0 Å². The molecule has 16 heteroatoms. The number of benzene rings is 4. The molecule has 6 rings (SSSR count). The molecule has 4 aromatic rings. The van der Waals surface area contributed by atoms with Gasteiger partial charge in [-0.25, -0.2) is 0 Å². The second kappa shape index (κ2) is 26.6. The van der Waals surface area contributed by atoms with Crippen LogP contribution in [0.3, 0.4) is 0 Å². The van der Waals surface area contributed by atoms with Gasteiger partial charge in [-0.15, -0.1) is 0 Å². The van der Waals surface area contributed by atoms with Crippen LogP contribution in [0.1, 0.15) is 84.0 Å². The number of quaternary nitrogens is 2. The van der Waals surface area contributed by atoms with E-state index in [1.165, 1.54) is 22.3 Å². The first-order chi connectivity index (χ1) is 35.7. The highest BCUT2D eigenvalue weighted by molar-refractivity contribution is 5.70. The minimum Gasteiger partial charge on any atom is -0.493 e. The molecule has 4 aromatic carbocycles. The molecule has 0 aromatic heterocycles. The molecule has 0 aliphatic carbocycles. The summed E-state index contributed by atoms with van der Waals surface area (Å²) in [5.74, 6) is 5.81. The van der Waals surface area contributed by atoms with E-state index in [1.807, 2.05) is 36.4 Å². The van der Waals surface area contributed by atoms with Crippen molar-refractivity contribution in [2.45, 2.75) is 76.3 Å². The number of rotatable bonds is 28. The molecule has 0 amide bonds.